The Morgan fingerprint density at radius 2 is 1.87 bits per heavy atom. The lowest BCUT2D eigenvalue weighted by Crippen LogP contribution is -2.46. The fraction of sp³-hybridized carbons (Fsp3) is 0.471. The van der Waals surface area contributed by atoms with E-state index in [2.05, 4.69) is 0 Å². The number of methoxy groups -OCH3 is 3. The molecular weight excluding hydrogens is 298 g/mol. The second-order valence-electron chi connectivity index (χ2n) is 5.25. The number of morpholine rings is 1. The Hall–Kier alpha value is -2.21. The third-order valence-corrected chi connectivity index (χ3v) is 3.76. The first-order valence-electron chi connectivity index (χ1n) is 7.47. The van der Waals surface area contributed by atoms with E-state index in [9.17, 15) is 4.79 Å². The molecule has 0 aromatic heterocycles. The third-order valence-electron chi connectivity index (χ3n) is 3.76. The molecule has 6 nitrogen and oxygen atoms in total. The van der Waals surface area contributed by atoms with E-state index in [4.69, 9.17) is 18.9 Å². The standard InChI is InChI=1S/C17H23NO5/c1-12-11-23-8-7-18(12)16(19)6-5-13-9-14(20-2)17(22-4)15(10-13)21-3/h5-6,9-10,12H,7-8,11H2,1-4H3/b6-5+. The minimum Gasteiger partial charge on any atom is -0.493 e. The summed E-state index contributed by atoms with van der Waals surface area (Å²) in [6.07, 6.45) is 3.30. The maximum absolute atomic E-state index is 12.3. The molecule has 6 heteroatoms. The van der Waals surface area contributed by atoms with Crippen LogP contribution in [0.5, 0.6) is 17.2 Å². The van der Waals surface area contributed by atoms with Crippen molar-refractivity contribution in [3.63, 3.8) is 0 Å². The largest absolute Gasteiger partial charge is 0.493 e. The summed E-state index contributed by atoms with van der Waals surface area (Å²) < 4.78 is 21.2. The minimum absolute atomic E-state index is 0.0328. The van der Waals surface area contributed by atoms with E-state index < -0.39 is 0 Å². The first kappa shape index (κ1) is 17.1. The molecule has 1 aromatic rings. The zero-order chi connectivity index (χ0) is 16.8. The van der Waals surface area contributed by atoms with Crippen LogP contribution in [0, 0.1) is 0 Å². The van der Waals surface area contributed by atoms with Crippen molar-refractivity contribution >= 4 is 12.0 Å². The summed E-state index contributed by atoms with van der Waals surface area (Å²) in [6.45, 7) is 3.74. The predicted octanol–water partition coefficient (Wildman–Crippen LogP) is 1.97. The molecule has 1 aromatic carbocycles. The number of ether oxygens (including phenoxy) is 4. The molecule has 1 saturated heterocycles. The van der Waals surface area contributed by atoms with Crippen LogP contribution in [0.4, 0.5) is 0 Å². The van der Waals surface area contributed by atoms with Gasteiger partial charge in [0.05, 0.1) is 40.6 Å². The molecule has 0 bridgehead atoms. The fourth-order valence-corrected chi connectivity index (χ4v) is 2.52. The highest BCUT2D eigenvalue weighted by Gasteiger charge is 2.21. The summed E-state index contributed by atoms with van der Waals surface area (Å²) in [4.78, 5) is 14.1. The van der Waals surface area contributed by atoms with Crippen molar-refractivity contribution in [3.8, 4) is 17.2 Å². The zero-order valence-corrected chi connectivity index (χ0v) is 14.0. The van der Waals surface area contributed by atoms with Crippen LogP contribution < -0.4 is 14.2 Å². The van der Waals surface area contributed by atoms with Gasteiger partial charge in [0.2, 0.25) is 11.7 Å². The average Bonchev–Trinajstić information content (AvgIpc) is 2.58. The third kappa shape index (κ3) is 3.96. The molecule has 0 aliphatic carbocycles. The number of carbonyl (C=O) groups excluding carboxylic acids is 1. The van der Waals surface area contributed by atoms with E-state index in [1.54, 1.807) is 50.5 Å². The molecule has 1 atom stereocenters. The summed E-state index contributed by atoms with van der Waals surface area (Å²) in [6, 6.07) is 3.68. The molecule has 1 amide bonds. The molecule has 2 rings (SSSR count). The highest BCUT2D eigenvalue weighted by atomic mass is 16.5. The van der Waals surface area contributed by atoms with Crippen LogP contribution >= 0.6 is 0 Å². The Balaban J connectivity index is 2.20. The quantitative estimate of drug-likeness (QED) is 0.776. The Morgan fingerprint density at radius 1 is 1.22 bits per heavy atom. The van der Waals surface area contributed by atoms with Crippen LogP contribution in [0.25, 0.3) is 6.08 Å². The molecule has 1 unspecified atom stereocenters. The van der Waals surface area contributed by atoms with Gasteiger partial charge in [0, 0.05) is 12.6 Å². The van der Waals surface area contributed by atoms with Gasteiger partial charge in [0.1, 0.15) is 0 Å². The lowest BCUT2D eigenvalue weighted by molar-refractivity contribution is -0.133. The molecule has 0 N–H and O–H groups in total. The molecular formula is C17H23NO5. The van der Waals surface area contributed by atoms with Gasteiger partial charge >= 0.3 is 0 Å². The summed E-state index contributed by atoms with van der Waals surface area (Å²) in [5.41, 5.74) is 0.800. The second kappa shape index (κ2) is 7.87. The molecule has 1 aliphatic heterocycles. The van der Waals surface area contributed by atoms with Crippen LogP contribution in [0.15, 0.2) is 18.2 Å². The van der Waals surface area contributed by atoms with E-state index in [-0.39, 0.29) is 11.9 Å². The monoisotopic (exact) mass is 321 g/mol. The van der Waals surface area contributed by atoms with Crippen molar-refractivity contribution in [3.05, 3.63) is 23.8 Å². The van der Waals surface area contributed by atoms with Gasteiger partial charge in [0.25, 0.3) is 0 Å². The van der Waals surface area contributed by atoms with Crippen molar-refractivity contribution in [2.24, 2.45) is 0 Å². The van der Waals surface area contributed by atoms with E-state index in [1.165, 1.54) is 0 Å². The topological polar surface area (TPSA) is 57.2 Å². The molecule has 1 heterocycles. The van der Waals surface area contributed by atoms with Crippen LogP contribution in [-0.4, -0.2) is 57.9 Å². The predicted molar refractivity (Wildman–Crippen MR) is 87.1 cm³/mol. The van der Waals surface area contributed by atoms with Crippen molar-refractivity contribution < 1.29 is 23.7 Å². The van der Waals surface area contributed by atoms with Gasteiger partial charge in [-0.25, -0.2) is 0 Å². The first-order valence-corrected chi connectivity index (χ1v) is 7.47. The van der Waals surface area contributed by atoms with E-state index in [1.807, 2.05) is 6.92 Å². The number of benzene rings is 1. The number of hydrogen-bond donors (Lipinski definition) is 0. The van der Waals surface area contributed by atoms with Crippen LogP contribution in [0.1, 0.15) is 12.5 Å². The molecule has 0 radical (unpaired) electrons. The van der Waals surface area contributed by atoms with Gasteiger partial charge in [-0.2, -0.15) is 0 Å². The van der Waals surface area contributed by atoms with Crippen molar-refractivity contribution in [1.82, 2.24) is 4.90 Å². The van der Waals surface area contributed by atoms with Crippen LogP contribution in [0.3, 0.4) is 0 Å². The van der Waals surface area contributed by atoms with E-state index in [0.29, 0.717) is 37.0 Å². The second-order valence-corrected chi connectivity index (χ2v) is 5.25. The van der Waals surface area contributed by atoms with Gasteiger partial charge in [0.15, 0.2) is 11.5 Å². The fourth-order valence-electron chi connectivity index (χ4n) is 2.52. The maximum atomic E-state index is 12.3. The average molecular weight is 321 g/mol. The molecule has 0 saturated carbocycles. The van der Waals surface area contributed by atoms with Crippen molar-refractivity contribution in [1.29, 1.82) is 0 Å². The lowest BCUT2D eigenvalue weighted by Gasteiger charge is -2.32. The zero-order valence-electron chi connectivity index (χ0n) is 14.0. The number of hydrogen-bond acceptors (Lipinski definition) is 5. The minimum atomic E-state index is -0.0328. The summed E-state index contributed by atoms with van der Waals surface area (Å²) >= 11 is 0. The number of nitrogens with zero attached hydrogens (tertiary/aromatic N) is 1. The van der Waals surface area contributed by atoms with Gasteiger partial charge in [-0.15, -0.1) is 0 Å². The highest BCUT2D eigenvalue weighted by molar-refractivity contribution is 5.92. The van der Waals surface area contributed by atoms with E-state index >= 15 is 0 Å². The van der Waals surface area contributed by atoms with Crippen LogP contribution in [-0.2, 0) is 9.53 Å². The van der Waals surface area contributed by atoms with Crippen molar-refractivity contribution in [2.45, 2.75) is 13.0 Å². The normalized spacial score (nSPS) is 18.1. The van der Waals surface area contributed by atoms with Gasteiger partial charge in [-0.1, -0.05) is 0 Å². The first-order chi connectivity index (χ1) is 11.1. The van der Waals surface area contributed by atoms with Gasteiger partial charge in [-0.05, 0) is 30.7 Å². The highest BCUT2D eigenvalue weighted by Crippen LogP contribution is 2.38. The smallest absolute Gasteiger partial charge is 0.246 e. The Labute approximate surface area is 136 Å². The van der Waals surface area contributed by atoms with Gasteiger partial charge < -0.3 is 23.8 Å². The Bertz CT molecular complexity index is 559. The van der Waals surface area contributed by atoms with E-state index in [0.717, 1.165) is 5.56 Å². The lowest BCUT2D eigenvalue weighted by atomic mass is 10.1. The van der Waals surface area contributed by atoms with Crippen molar-refractivity contribution in [2.75, 3.05) is 41.1 Å². The molecule has 23 heavy (non-hydrogen) atoms. The SMILES string of the molecule is COc1cc(/C=C/C(=O)N2CCOCC2C)cc(OC)c1OC. The number of carbonyl (C=O) groups is 1. The van der Waals surface area contributed by atoms with Crippen LogP contribution in [0.2, 0.25) is 0 Å². The Kier molecular flexibility index (Phi) is 5.87. The van der Waals surface area contributed by atoms with Gasteiger partial charge in [-0.3, -0.25) is 4.79 Å². The maximum Gasteiger partial charge on any atom is 0.246 e. The number of rotatable bonds is 5. The molecule has 126 valence electrons. The summed E-state index contributed by atoms with van der Waals surface area (Å²) in [5, 5.41) is 0. The number of amides is 1. The molecule has 1 fully saturated rings. The molecule has 0 spiro atoms. The summed E-state index contributed by atoms with van der Waals surface area (Å²) in [5.74, 6) is 1.60. The molecule has 1 aliphatic rings. The summed E-state index contributed by atoms with van der Waals surface area (Å²) in [7, 11) is 4.68. The Morgan fingerprint density at radius 3 is 2.39 bits per heavy atom.